The molecule has 0 saturated carbocycles. The Morgan fingerprint density at radius 3 is 2.42 bits per heavy atom. The van der Waals surface area contributed by atoms with Crippen LogP contribution in [0.2, 0.25) is 5.02 Å². The number of amides is 2. The highest BCUT2D eigenvalue weighted by Gasteiger charge is 2.11. The molecule has 0 unspecified atom stereocenters. The third-order valence-electron chi connectivity index (χ3n) is 2.87. The van der Waals surface area contributed by atoms with Gasteiger partial charge in [-0.3, -0.25) is 30.7 Å². The van der Waals surface area contributed by atoms with Crippen molar-refractivity contribution in [1.29, 1.82) is 0 Å². The lowest BCUT2D eigenvalue weighted by Gasteiger charge is -2.11. The summed E-state index contributed by atoms with van der Waals surface area (Å²) < 4.78 is 5.01. The first kappa shape index (κ1) is 17.6. The molecule has 0 spiro atoms. The van der Waals surface area contributed by atoms with E-state index in [0.717, 1.165) is 0 Å². The summed E-state index contributed by atoms with van der Waals surface area (Å²) in [6, 6.07) is 7.64. The number of ether oxygens (including phenoxy) is 1. The first-order chi connectivity index (χ1) is 11.5. The molecule has 0 bridgehead atoms. The molecule has 7 nitrogen and oxygen atoms in total. The number of carbonyl (C=O) groups is 2. The molecular weight excluding hydrogens is 352 g/mol. The minimum Gasteiger partial charge on any atom is -0.495 e. The number of aromatic nitrogens is 1. The highest BCUT2D eigenvalue weighted by molar-refractivity contribution is 7.80. The SMILES string of the molecule is COc1ccc(C(=O)NC(=S)NNC(=O)c2ccncc2)cc1Cl. The lowest BCUT2D eigenvalue weighted by atomic mass is 10.2. The second kappa shape index (κ2) is 8.23. The average Bonchev–Trinajstić information content (AvgIpc) is 2.60. The fourth-order valence-electron chi connectivity index (χ4n) is 1.70. The van der Waals surface area contributed by atoms with Crippen molar-refractivity contribution in [2.45, 2.75) is 0 Å². The number of rotatable bonds is 3. The van der Waals surface area contributed by atoms with E-state index in [2.05, 4.69) is 21.2 Å². The van der Waals surface area contributed by atoms with Crippen LogP contribution in [0.3, 0.4) is 0 Å². The third-order valence-corrected chi connectivity index (χ3v) is 3.37. The molecule has 9 heteroatoms. The van der Waals surface area contributed by atoms with Crippen LogP contribution in [0.5, 0.6) is 5.75 Å². The fourth-order valence-corrected chi connectivity index (χ4v) is 2.10. The van der Waals surface area contributed by atoms with Crippen LogP contribution in [-0.2, 0) is 0 Å². The van der Waals surface area contributed by atoms with E-state index in [1.54, 1.807) is 6.07 Å². The zero-order chi connectivity index (χ0) is 17.5. The quantitative estimate of drug-likeness (QED) is 0.567. The van der Waals surface area contributed by atoms with E-state index < -0.39 is 11.8 Å². The Balaban J connectivity index is 1.89. The number of hydrogen-bond acceptors (Lipinski definition) is 5. The number of pyridine rings is 1. The van der Waals surface area contributed by atoms with Crippen LogP contribution in [0.25, 0.3) is 0 Å². The zero-order valence-electron chi connectivity index (χ0n) is 12.5. The van der Waals surface area contributed by atoms with Crippen molar-refractivity contribution in [3.05, 3.63) is 58.9 Å². The van der Waals surface area contributed by atoms with Gasteiger partial charge in [0.25, 0.3) is 11.8 Å². The molecule has 2 amide bonds. The van der Waals surface area contributed by atoms with Gasteiger partial charge in [0.05, 0.1) is 12.1 Å². The summed E-state index contributed by atoms with van der Waals surface area (Å²) in [5.41, 5.74) is 5.50. The molecule has 1 heterocycles. The lowest BCUT2D eigenvalue weighted by molar-refractivity contribution is 0.0934. The van der Waals surface area contributed by atoms with Crippen molar-refractivity contribution in [3.63, 3.8) is 0 Å². The molecule has 0 saturated heterocycles. The summed E-state index contributed by atoms with van der Waals surface area (Å²) >= 11 is 10.9. The van der Waals surface area contributed by atoms with Gasteiger partial charge >= 0.3 is 0 Å². The number of hydrogen-bond donors (Lipinski definition) is 3. The van der Waals surface area contributed by atoms with Gasteiger partial charge in [-0.05, 0) is 42.5 Å². The van der Waals surface area contributed by atoms with Gasteiger partial charge in [0.1, 0.15) is 5.75 Å². The second-order valence-electron chi connectivity index (χ2n) is 4.45. The minimum absolute atomic E-state index is 0.0608. The van der Waals surface area contributed by atoms with Crippen molar-refractivity contribution < 1.29 is 14.3 Å². The third kappa shape index (κ3) is 4.64. The number of nitrogens with one attached hydrogen (secondary N) is 3. The van der Waals surface area contributed by atoms with E-state index in [4.69, 9.17) is 28.6 Å². The first-order valence-electron chi connectivity index (χ1n) is 6.66. The number of hydrazine groups is 1. The van der Waals surface area contributed by atoms with E-state index in [-0.39, 0.29) is 5.11 Å². The van der Waals surface area contributed by atoms with E-state index in [9.17, 15) is 9.59 Å². The molecule has 0 fully saturated rings. The highest BCUT2D eigenvalue weighted by Crippen LogP contribution is 2.24. The number of methoxy groups -OCH3 is 1. The van der Waals surface area contributed by atoms with Crippen LogP contribution >= 0.6 is 23.8 Å². The molecule has 1 aromatic carbocycles. The second-order valence-corrected chi connectivity index (χ2v) is 5.26. The fraction of sp³-hybridized carbons (Fsp3) is 0.0667. The maximum Gasteiger partial charge on any atom is 0.269 e. The molecule has 2 aromatic rings. The van der Waals surface area contributed by atoms with Crippen LogP contribution in [0.1, 0.15) is 20.7 Å². The van der Waals surface area contributed by atoms with Crippen LogP contribution in [0.15, 0.2) is 42.7 Å². The van der Waals surface area contributed by atoms with E-state index in [0.29, 0.717) is 21.9 Å². The van der Waals surface area contributed by atoms with E-state index in [1.165, 1.54) is 43.8 Å². The van der Waals surface area contributed by atoms with Crippen molar-refractivity contribution in [2.24, 2.45) is 0 Å². The Kier molecular flexibility index (Phi) is 6.05. The van der Waals surface area contributed by atoms with Gasteiger partial charge in [0.15, 0.2) is 5.11 Å². The van der Waals surface area contributed by atoms with Gasteiger partial charge in [0, 0.05) is 23.5 Å². The minimum atomic E-state index is -0.477. The first-order valence-corrected chi connectivity index (χ1v) is 7.45. The molecule has 124 valence electrons. The Bertz CT molecular complexity index is 771. The van der Waals surface area contributed by atoms with Crippen molar-refractivity contribution in [2.75, 3.05) is 7.11 Å². The molecule has 3 N–H and O–H groups in total. The molecule has 2 rings (SSSR count). The molecule has 1 aromatic heterocycles. The summed E-state index contributed by atoms with van der Waals surface area (Å²) in [6.07, 6.45) is 2.98. The summed E-state index contributed by atoms with van der Waals surface area (Å²) in [5.74, 6) is -0.435. The number of halogens is 1. The zero-order valence-corrected chi connectivity index (χ0v) is 14.1. The molecule has 0 atom stereocenters. The normalized spacial score (nSPS) is 9.75. The van der Waals surface area contributed by atoms with Crippen molar-refractivity contribution >= 4 is 40.7 Å². The Labute approximate surface area is 148 Å². The van der Waals surface area contributed by atoms with Gasteiger partial charge in [-0.1, -0.05) is 11.6 Å². The van der Waals surface area contributed by atoms with E-state index in [1.807, 2.05) is 0 Å². The molecule has 0 aliphatic carbocycles. The van der Waals surface area contributed by atoms with Gasteiger partial charge < -0.3 is 4.74 Å². The van der Waals surface area contributed by atoms with Crippen LogP contribution < -0.4 is 20.9 Å². The predicted octanol–water partition coefficient (Wildman–Crippen LogP) is 1.69. The molecule has 0 aliphatic heterocycles. The van der Waals surface area contributed by atoms with Crippen LogP contribution in [0, 0.1) is 0 Å². The summed E-state index contributed by atoms with van der Waals surface area (Å²) in [4.78, 5) is 27.7. The van der Waals surface area contributed by atoms with Gasteiger partial charge in [-0.15, -0.1) is 0 Å². The monoisotopic (exact) mass is 364 g/mol. The Morgan fingerprint density at radius 2 is 1.79 bits per heavy atom. The van der Waals surface area contributed by atoms with Crippen molar-refractivity contribution in [1.82, 2.24) is 21.2 Å². The van der Waals surface area contributed by atoms with Gasteiger partial charge in [-0.25, -0.2) is 0 Å². The largest absolute Gasteiger partial charge is 0.495 e. The Hall–Kier alpha value is -2.71. The maximum atomic E-state index is 12.1. The number of nitrogens with zero attached hydrogens (tertiary/aromatic N) is 1. The van der Waals surface area contributed by atoms with Crippen molar-refractivity contribution in [3.8, 4) is 5.75 Å². The number of carbonyl (C=O) groups excluding carboxylic acids is 2. The van der Waals surface area contributed by atoms with E-state index >= 15 is 0 Å². The Morgan fingerprint density at radius 1 is 1.08 bits per heavy atom. The number of benzene rings is 1. The molecule has 0 aliphatic rings. The smallest absolute Gasteiger partial charge is 0.269 e. The van der Waals surface area contributed by atoms with Gasteiger partial charge in [0.2, 0.25) is 0 Å². The molecule has 24 heavy (non-hydrogen) atoms. The summed E-state index contributed by atoms with van der Waals surface area (Å²) in [7, 11) is 1.48. The van der Waals surface area contributed by atoms with Crippen LogP contribution in [-0.4, -0.2) is 29.0 Å². The predicted molar refractivity (Wildman–Crippen MR) is 92.9 cm³/mol. The van der Waals surface area contributed by atoms with Crippen LogP contribution in [0.4, 0.5) is 0 Å². The lowest BCUT2D eigenvalue weighted by Crippen LogP contribution is -2.48. The summed E-state index contributed by atoms with van der Waals surface area (Å²) in [5, 5.41) is 2.66. The standard InChI is InChI=1S/C15H13ClN4O3S/c1-23-12-3-2-10(8-11(12)16)13(21)18-15(24)20-19-14(22)9-4-6-17-7-5-9/h2-8H,1H3,(H,19,22)(H2,18,20,21,24). The van der Waals surface area contributed by atoms with Gasteiger partial charge in [-0.2, -0.15) is 0 Å². The summed E-state index contributed by atoms with van der Waals surface area (Å²) in [6.45, 7) is 0. The average molecular weight is 365 g/mol. The number of thiocarbonyl (C=S) groups is 1. The maximum absolute atomic E-state index is 12.1. The highest BCUT2D eigenvalue weighted by atomic mass is 35.5. The topological polar surface area (TPSA) is 92.4 Å². The molecular formula is C15H13ClN4O3S. The molecule has 0 radical (unpaired) electrons.